The zero-order valence-corrected chi connectivity index (χ0v) is 14.0. The molecule has 1 aromatic carbocycles. The molecule has 0 bridgehead atoms. The molecule has 8 nitrogen and oxygen atoms in total. The number of aromatic nitrogens is 2. The molecule has 0 saturated carbocycles. The second kappa shape index (κ2) is 7.61. The summed E-state index contributed by atoms with van der Waals surface area (Å²) >= 11 is 0. The molecule has 0 amide bonds. The Hall–Kier alpha value is -2.86. The summed E-state index contributed by atoms with van der Waals surface area (Å²) < 4.78 is 37.8. The lowest BCUT2D eigenvalue weighted by molar-refractivity contribution is 0.290. The van der Waals surface area contributed by atoms with Crippen LogP contribution < -0.4 is 14.2 Å². The fourth-order valence-electron chi connectivity index (χ4n) is 1.78. The molecule has 126 valence electrons. The van der Waals surface area contributed by atoms with Gasteiger partial charge >= 0.3 is 6.01 Å². The van der Waals surface area contributed by atoms with Crippen LogP contribution in [0.25, 0.3) is 0 Å². The monoisotopic (exact) mass is 348 g/mol. The zero-order chi connectivity index (χ0) is 17.6. The van der Waals surface area contributed by atoms with Gasteiger partial charge in [-0.15, -0.1) is 0 Å². The molecule has 24 heavy (non-hydrogen) atoms. The third-order valence-electron chi connectivity index (χ3n) is 2.82. The Morgan fingerprint density at radius 1 is 1.17 bits per heavy atom. The van der Waals surface area contributed by atoms with Crippen molar-refractivity contribution in [3.05, 3.63) is 36.0 Å². The van der Waals surface area contributed by atoms with Gasteiger partial charge in [0.2, 0.25) is 5.88 Å². The molecule has 0 aliphatic heterocycles. The standard InChI is InChI=1S/C15H16N4O4S/c1-3-22-14-13(10-17-15(18-14)23-4-2)19-24(20,21)12-7-5-11(9-16)6-8-12/h5-8,10,19H,3-4H2,1-2H3. The average molecular weight is 348 g/mol. The van der Waals surface area contributed by atoms with Crippen molar-refractivity contribution in [1.82, 2.24) is 9.97 Å². The lowest BCUT2D eigenvalue weighted by Gasteiger charge is -2.12. The Kier molecular flexibility index (Phi) is 5.55. The van der Waals surface area contributed by atoms with E-state index in [1.165, 1.54) is 30.5 Å². The highest BCUT2D eigenvalue weighted by atomic mass is 32.2. The lowest BCUT2D eigenvalue weighted by Crippen LogP contribution is -2.15. The van der Waals surface area contributed by atoms with Crippen molar-refractivity contribution in [2.75, 3.05) is 17.9 Å². The van der Waals surface area contributed by atoms with E-state index in [9.17, 15) is 8.42 Å². The van der Waals surface area contributed by atoms with Gasteiger partial charge in [-0.25, -0.2) is 13.4 Å². The molecule has 1 aromatic heterocycles. The van der Waals surface area contributed by atoms with Crippen LogP contribution in [0.2, 0.25) is 0 Å². The minimum absolute atomic E-state index is 0.0119. The number of sulfonamides is 1. The second-order valence-corrected chi connectivity index (χ2v) is 6.16. The van der Waals surface area contributed by atoms with E-state index in [2.05, 4.69) is 14.7 Å². The van der Waals surface area contributed by atoms with Crippen molar-refractivity contribution in [3.8, 4) is 18.0 Å². The van der Waals surface area contributed by atoms with Gasteiger partial charge in [0.25, 0.3) is 10.0 Å². The van der Waals surface area contributed by atoms with Crippen LogP contribution in [-0.4, -0.2) is 31.6 Å². The molecule has 2 aromatic rings. The minimum atomic E-state index is -3.86. The molecule has 0 aliphatic carbocycles. The minimum Gasteiger partial charge on any atom is -0.476 e. The predicted molar refractivity (Wildman–Crippen MR) is 86.3 cm³/mol. The van der Waals surface area contributed by atoms with Crippen molar-refractivity contribution >= 4 is 15.7 Å². The van der Waals surface area contributed by atoms with E-state index in [1.807, 2.05) is 6.07 Å². The normalized spacial score (nSPS) is 10.7. The third-order valence-corrected chi connectivity index (χ3v) is 4.21. The van der Waals surface area contributed by atoms with Crippen molar-refractivity contribution < 1.29 is 17.9 Å². The Morgan fingerprint density at radius 2 is 1.83 bits per heavy atom. The van der Waals surface area contributed by atoms with Crippen LogP contribution in [0.3, 0.4) is 0 Å². The largest absolute Gasteiger partial charge is 0.476 e. The number of ether oxygens (including phenoxy) is 2. The number of hydrogen-bond donors (Lipinski definition) is 1. The Bertz CT molecular complexity index is 845. The molecule has 0 unspecified atom stereocenters. The smallest absolute Gasteiger partial charge is 0.319 e. The molecule has 0 fully saturated rings. The first-order chi connectivity index (χ1) is 11.5. The van der Waals surface area contributed by atoms with E-state index in [-0.39, 0.29) is 22.5 Å². The van der Waals surface area contributed by atoms with Crippen molar-refractivity contribution in [1.29, 1.82) is 5.26 Å². The van der Waals surface area contributed by atoms with Crippen LogP contribution in [0.4, 0.5) is 5.69 Å². The summed E-state index contributed by atoms with van der Waals surface area (Å²) in [7, 11) is -3.86. The summed E-state index contributed by atoms with van der Waals surface area (Å²) in [6.45, 7) is 4.21. The van der Waals surface area contributed by atoms with Crippen LogP contribution in [0.5, 0.6) is 11.9 Å². The Morgan fingerprint density at radius 3 is 2.42 bits per heavy atom. The van der Waals surface area contributed by atoms with Crippen molar-refractivity contribution in [3.63, 3.8) is 0 Å². The third kappa shape index (κ3) is 4.11. The molecule has 0 radical (unpaired) electrons. The van der Waals surface area contributed by atoms with Gasteiger partial charge in [-0.1, -0.05) is 0 Å². The van der Waals surface area contributed by atoms with Gasteiger partial charge in [-0.2, -0.15) is 10.2 Å². The Balaban J connectivity index is 2.32. The van der Waals surface area contributed by atoms with Crippen molar-refractivity contribution in [2.45, 2.75) is 18.7 Å². The molecule has 2 rings (SSSR count). The maximum absolute atomic E-state index is 12.4. The molecule has 0 atom stereocenters. The second-order valence-electron chi connectivity index (χ2n) is 4.48. The first-order valence-corrected chi connectivity index (χ1v) is 8.64. The SMILES string of the molecule is CCOc1ncc(NS(=O)(=O)c2ccc(C#N)cc2)c(OCC)n1. The summed E-state index contributed by atoms with van der Waals surface area (Å²) in [5.74, 6) is 0.0770. The van der Waals surface area contributed by atoms with E-state index in [0.717, 1.165) is 0 Å². The number of nitrogens with zero attached hydrogens (tertiary/aromatic N) is 3. The van der Waals surface area contributed by atoms with Crippen LogP contribution in [-0.2, 0) is 10.0 Å². The number of hydrogen-bond acceptors (Lipinski definition) is 7. The topological polar surface area (TPSA) is 114 Å². The van der Waals surface area contributed by atoms with Crippen LogP contribution in [0.1, 0.15) is 19.4 Å². The fraction of sp³-hybridized carbons (Fsp3) is 0.267. The average Bonchev–Trinajstić information content (AvgIpc) is 2.57. The summed E-state index contributed by atoms with van der Waals surface area (Å²) in [5.41, 5.74) is 0.470. The molecule has 1 N–H and O–H groups in total. The molecule has 0 spiro atoms. The van der Waals surface area contributed by atoms with E-state index in [4.69, 9.17) is 14.7 Å². The van der Waals surface area contributed by atoms with Gasteiger partial charge in [-0.05, 0) is 38.1 Å². The molecular weight excluding hydrogens is 332 g/mol. The number of nitriles is 1. The number of rotatable bonds is 7. The summed E-state index contributed by atoms with van der Waals surface area (Å²) in [6, 6.07) is 7.56. The first kappa shape index (κ1) is 17.5. The molecule has 9 heteroatoms. The maximum Gasteiger partial charge on any atom is 0.319 e. The maximum atomic E-state index is 12.4. The highest BCUT2D eigenvalue weighted by Crippen LogP contribution is 2.26. The van der Waals surface area contributed by atoms with E-state index >= 15 is 0 Å². The van der Waals surface area contributed by atoms with E-state index in [0.29, 0.717) is 18.8 Å². The summed E-state index contributed by atoms with van der Waals surface area (Å²) in [4.78, 5) is 7.98. The van der Waals surface area contributed by atoms with E-state index < -0.39 is 10.0 Å². The van der Waals surface area contributed by atoms with Gasteiger partial charge in [-0.3, -0.25) is 4.72 Å². The number of nitrogens with one attached hydrogen (secondary N) is 1. The van der Waals surface area contributed by atoms with Crippen molar-refractivity contribution in [2.24, 2.45) is 0 Å². The van der Waals surface area contributed by atoms with Crippen LogP contribution in [0.15, 0.2) is 35.4 Å². The number of benzene rings is 1. The van der Waals surface area contributed by atoms with E-state index in [1.54, 1.807) is 13.8 Å². The van der Waals surface area contributed by atoms with Gasteiger partial charge < -0.3 is 9.47 Å². The van der Waals surface area contributed by atoms with Crippen LogP contribution >= 0.6 is 0 Å². The van der Waals surface area contributed by atoms with Crippen LogP contribution in [0, 0.1) is 11.3 Å². The van der Waals surface area contributed by atoms with Gasteiger partial charge in [0, 0.05) is 0 Å². The first-order valence-electron chi connectivity index (χ1n) is 7.15. The quantitative estimate of drug-likeness (QED) is 0.813. The van der Waals surface area contributed by atoms with Gasteiger partial charge in [0.05, 0.1) is 35.9 Å². The predicted octanol–water partition coefficient (Wildman–Crippen LogP) is 1.95. The molecular formula is C15H16N4O4S. The highest BCUT2D eigenvalue weighted by Gasteiger charge is 2.18. The summed E-state index contributed by atoms with van der Waals surface area (Å²) in [5, 5.41) is 8.77. The Labute approximate surface area is 140 Å². The highest BCUT2D eigenvalue weighted by molar-refractivity contribution is 7.92. The van der Waals surface area contributed by atoms with Gasteiger partial charge in [0.1, 0.15) is 5.69 Å². The molecule has 0 saturated heterocycles. The molecule has 1 heterocycles. The lowest BCUT2D eigenvalue weighted by atomic mass is 10.2. The molecule has 0 aliphatic rings. The fourth-order valence-corrected chi connectivity index (χ4v) is 2.82. The van der Waals surface area contributed by atoms with Gasteiger partial charge in [0.15, 0.2) is 0 Å². The summed E-state index contributed by atoms with van der Waals surface area (Å²) in [6.07, 6.45) is 1.28. The number of anilines is 1. The zero-order valence-electron chi connectivity index (χ0n) is 13.2.